The van der Waals surface area contributed by atoms with Crippen molar-refractivity contribution in [2.24, 2.45) is 0 Å². The van der Waals surface area contributed by atoms with Gasteiger partial charge in [0.05, 0.1) is 10.5 Å². The van der Waals surface area contributed by atoms with E-state index in [1.807, 2.05) is 6.07 Å². The van der Waals surface area contributed by atoms with Gasteiger partial charge in [-0.2, -0.15) is 9.57 Å². The van der Waals surface area contributed by atoms with Gasteiger partial charge in [0, 0.05) is 32.2 Å². The fourth-order valence-electron chi connectivity index (χ4n) is 3.98. The van der Waals surface area contributed by atoms with Crippen LogP contribution in [0.1, 0.15) is 23.1 Å². The molecular formula is C20H21N3O2S. The molecular weight excluding hydrogens is 346 g/mol. The molecule has 0 aliphatic carbocycles. The van der Waals surface area contributed by atoms with Gasteiger partial charge in [0.2, 0.25) is 10.0 Å². The number of hydrogen-bond acceptors (Lipinski definition) is 4. The normalized spacial score (nSPS) is 21.3. The molecule has 0 bridgehead atoms. The quantitative estimate of drug-likeness (QED) is 0.836. The van der Waals surface area contributed by atoms with E-state index in [0.717, 1.165) is 25.9 Å². The lowest BCUT2D eigenvalue weighted by Gasteiger charge is -2.33. The summed E-state index contributed by atoms with van der Waals surface area (Å²) in [5, 5.41) is 9.23. The zero-order valence-corrected chi connectivity index (χ0v) is 15.3. The molecule has 1 unspecified atom stereocenters. The fraction of sp³-hybridized carbons (Fsp3) is 0.350. The average molecular weight is 367 g/mol. The van der Waals surface area contributed by atoms with Crippen molar-refractivity contribution < 1.29 is 8.42 Å². The molecule has 0 spiro atoms. The molecule has 1 fully saturated rings. The Morgan fingerprint density at radius 2 is 1.73 bits per heavy atom. The predicted molar refractivity (Wildman–Crippen MR) is 98.9 cm³/mol. The third-order valence-corrected chi connectivity index (χ3v) is 7.35. The maximum atomic E-state index is 13.0. The van der Waals surface area contributed by atoms with Crippen LogP contribution >= 0.6 is 0 Å². The highest BCUT2D eigenvalue weighted by Gasteiger charge is 2.36. The number of fused-ring (bicyclic) bond motifs is 1. The molecule has 1 saturated heterocycles. The summed E-state index contributed by atoms with van der Waals surface area (Å²) in [5.74, 6) is 0. The molecule has 0 saturated carbocycles. The Labute approximate surface area is 154 Å². The molecule has 2 aromatic rings. The summed E-state index contributed by atoms with van der Waals surface area (Å²) in [6.45, 7) is 2.84. The first kappa shape index (κ1) is 17.2. The molecule has 6 heteroatoms. The standard InChI is InChI=1S/C20H21N3O2S/c21-13-17-6-3-4-8-20(17)26(24,25)23-12-10-19(15-23)22-11-9-16-5-1-2-7-18(16)14-22/h1-8,19H,9-12,14-15H2. The van der Waals surface area contributed by atoms with Gasteiger partial charge >= 0.3 is 0 Å². The SMILES string of the molecule is N#Cc1ccccc1S(=O)(=O)N1CCC(N2CCc3ccccc3C2)C1. The van der Waals surface area contributed by atoms with E-state index >= 15 is 0 Å². The van der Waals surface area contributed by atoms with Crippen molar-refractivity contribution in [3.05, 3.63) is 65.2 Å². The van der Waals surface area contributed by atoms with Gasteiger partial charge in [-0.3, -0.25) is 4.90 Å². The first-order valence-electron chi connectivity index (χ1n) is 8.90. The van der Waals surface area contributed by atoms with Crippen molar-refractivity contribution in [3.63, 3.8) is 0 Å². The Morgan fingerprint density at radius 1 is 1.00 bits per heavy atom. The van der Waals surface area contributed by atoms with Crippen LogP contribution in [-0.2, 0) is 23.0 Å². The lowest BCUT2D eigenvalue weighted by Crippen LogP contribution is -2.41. The Hall–Kier alpha value is -2.20. The highest BCUT2D eigenvalue weighted by atomic mass is 32.2. The molecule has 0 N–H and O–H groups in total. The maximum absolute atomic E-state index is 13.0. The van der Waals surface area contributed by atoms with E-state index < -0.39 is 10.0 Å². The van der Waals surface area contributed by atoms with E-state index in [1.54, 1.807) is 18.2 Å². The van der Waals surface area contributed by atoms with Crippen molar-refractivity contribution in [2.45, 2.75) is 30.3 Å². The van der Waals surface area contributed by atoms with Crippen molar-refractivity contribution in [2.75, 3.05) is 19.6 Å². The molecule has 2 aromatic carbocycles. The molecule has 5 nitrogen and oxygen atoms in total. The number of rotatable bonds is 3. The molecule has 26 heavy (non-hydrogen) atoms. The molecule has 4 rings (SSSR count). The van der Waals surface area contributed by atoms with Gasteiger partial charge in [0.15, 0.2) is 0 Å². The summed E-state index contributed by atoms with van der Waals surface area (Å²) < 4.78 is 27.5. The number of benzene rings is 2. The summed E-state index contributed by atoms with van der Waals surface area (Å²) in [6, 6.07) is 17.1. The van der Waals surface area contributed by atoms with E-state index in [4.69, 9.17) is 0 Å². The van der Waals surface area contributed by atoms with Gasteiger partial charge in [-0.15, -0.1) is 0 Å². The molecule has 0 amide bonds. The minimum absolute atomic E-state index is 0.118. The lowest BCUT2D eigenvalue weighted by molar-refractivity contribution is 0.185. The third-order valence-electron chi connectivity index (χ3n) is 5.43. The second kappa shape index (κ2) is 6.84. The second-order valence-corrected chi connectivity index (χ2v) is 8.81. The van der Waals surface area contributed by atoms with Crippen LogP contribution in [-0.4, -0.2) is 43.3 Å². The smallest absolute Gasteiger partial charge is 0.244 e. The van der Waals surface area contributed by atoms with E-state index in [0.29, 0.717) is 13.1 Å². The van der Waals surface area contributed by atoms with Crippen molar-refractivity contribution >= 4 is 10.0 Å². The second-order valence-electron chi connectivity index (χ2n) is 6.90. The number of nitrogens with zero attached hydrogens (tertiary/aromatic N) is 3. The van der Waals surface area contributed by atoms with Crippen LogP contribution in [0.15, 0.2) is 53.4 Å². The minimum Gasteiger partial charge on any atom is -0.294 e. The minimum atomic E-state index is -3.63. The lowest BCUT2D eigenvalue weighted by atomic mass is 9.98. The topological polar surface area (TPSA) is 64.4 Å². The maximum Gasteiger partial charge on any atom is 0.244 e. The van der Waals surface area contributed by atoms with Gasteiger partial charge in [0.25, 0.3) is 0 Å². The Bertz CT molecular complexity index is 965. The molecule has 1 atom stereocenters. The predicted octanol–water partition coefficient (Wildman–Crippen LogP) is 2.38. The number of nitriles is 1. The first-order valence-corrected chi connectivity index (χ1v) is 10.3. The molecule has 2 aliphatic heterocycles. The van der Waals surface area contributed by atoms with Crippen LogP contribution in [0.3, 0.4) is 0 Å². The first-order chi connectivity index (χ1) is 12.6. The van der Waals surface area contributed by atoms with Crippen molar-refractivity contribution in [3.8, 4) is 6.07 Å². The molecule has 2 heterocycles. The van der Waals surface area contributed by atoms with Crippen molar-refractivity contribution in [1.29, 1.82) is 5.26 Å². The Balaban J connectivity index is 1.51. The van der Waals surface area contributed by atoms with Gasteiger partial charge in [-0.05, 0) is 36.1 Å². The highest BCUT2D eigenvalue weighted by Crippen LogP contribution is 2.28. The Kier molecular flexibility index (Phi) is 4.53. The van der Waals surface area contributed by atoms with Crippen molar-refractivity contribution in [1.82, 2.24) is 9.21 Å². The molecule has 0 radical (unpaired) electrons. The summed E-state index contributed by atoms with van der Waals surface area (Å²) in [6.07, 6.45) is 1.84. The van der Waals surface area contributed by atoms with Crippen LogP contribution in [0, 0.1) is 11.3 Å². The van der Waals surface area contributed by atoms with Crippen LogP contribution in [0.4, 0.5) is 0 Å². The van der Waals surface area contributed by atoms with Gasteiger partial charge in [-0.1, -0.05) is 36.4 Å². The van der Waals surface area contributed by atoms with Gasteiger partial charge < -0.3 is 0 Å². The Morgan fingerprint density at radius 3 is 2.54 bits per heavy atom. The van der Waals surface area contributed by atoms with E-state index in [9.17, 15) is 13.7 Å². The molecule has 0 aromatic heterocycles. The summed E-state index contributed by atoms with van der Waals surface area (Å²) in [7, 11) is -3.63. The zero-order valence-electron chi connectivity index (χ0n) is 14.5. The number of sulfonamides is 1. The van der Waals surface area contributed by atoms with Gasteiger partial charge in [-0.25, -0.2) is 8.42 Å². The molecule has 2 aliphatic rings. The van der Waals surface area contributed by atoms with Crippen LogP contribution < -0.4 is 0 Å². The zero-order chi connectivity index (χ0) is 18.1. The monoisotopic (exact) mass is 367 g/mol. The fourth-order valence-corrected chi connectivity index (χ4v) is 5.61. The summed E-state index contributed by atoms with van der Waals surface area (Å²) in [4.78, 5) is 2.51. The van der Waals surface area contributed by atoms with Crippen LogP contribution in [0.25, 0.3) is 0 Å². The van der Waals surface area contributed by atoms with Crippen LogP contribution in [0.2, 0.25) is 0 Å². The average Bonchev–Trinajstić information content (AvgIpc) is 3.18. The van der Waals surface area contributed by atoms with E-state index in [2.05, 4.69) is 29.2 Å². The number of hydrogen-bond donors (Lipinski definition) is 0. The highest BCUT2D eigenvalue weighted by molar-refractivity contribution is 7.89. The van der Waals surface area contributed by atoms with Gasteiger partial charge in [0.1, 0.15) is 6.07 Å². The largest absolute Gasteiger partial charge is 0.294 e. The molecule has 134 valence electrons. The van der Waals surface area contributed by atoms with Crippen LogP contribution in [0.5, 0.6) is 0 Å². The third kappa shape index (κ3) is 3.03. The summed E-state index contributed by atoms with van der Waals surface area (Å²) >= 11 is 0. The summed E-state index contributed by atoms with van der Waals surface area (Å²) in [5.41, 5.74) is 2.95. The van der Waals surface area contributed by atoms with E-state index in [1.165, 1.54) is 21.5 Å². The van der Waals surface area contributed by atoms with E-state index in [-0.39, 0.29) is 16.5 Å².